The van der Waals surface area contributed by atoms with Crippen LogP contribution >= 0.6 is 0 Å². The molecule has 1 saturated heterocycles. The van der Waals surface area contributed by atoms with Crippen LogP contribution in [0.25, 0.3) is 28.6 Å². The second-order valence-electron chi connectivity index (χ2n) is 6.43. The third-order valence-electron chi connectivity index (χ3n) is 4.64. The third-order valence-corrected chi connectivity index (χ3v) is 4.64. The molecule has 1 N–H and O–H groups in total. The number of para-hydroxylation sites is 1. The van der Waals surface area contributed by atoms with Crippen molar-refractivity contribution in [3.63, 3.8) is 0 Å². The smallest absolute Gasteiger partial charge is 0.183 e. The first kappa shape index (κ1) is 15.7. The molecular formula is C19H18N8. The first-order valence-corrected chi connectivity index (χ1v) is 8.99. The van der Waals surface area contributed by atoms with Gasteiger partial charge in [0.25, 0.3) is 0 Å². The van der Waals surface area contributed by atoms with Gasteiger partial charge in [-0.15, -0.1) is 15.0 Å². The van der Waals surface area contributed by atoms with Crippen molar-refractivity contribution in [2.45, 2.75) is 12.8 Å². The molecule has 1 aromatic carbocycles. The molecule has 8 heteroatoms. The molecule has 134 valence electrons. The zero-order valence-corrected chi connectivity index (χ0v) is 14.7. The Morgan fingerprint density at radius 2 is 1.67 bits per heavy atom. The van der Waals surface area contributed by atoms with Crippen molar-refractivity contribution in [3.05, 3.63) is 54.9 Å². The van der Waals surface area contributed by atoms with E-state index in [4.69, 9.17) is 10.2 Å². The molecular weight excluding hydrogens is 340 g/mol. The van der Waals surface area contributed by atoms with E-state index in [-0.39, 0.29) is 0 Å². The van der Waals surface area contributed by atoms with Crippen molar-refractivity contribution >= 4 is 5.82 Å². The predicted molar refractivity (Wildman–Crippen MR) is 101 cm³/mol. The van der Waals surface area contributed by atoms with E-state index < -0.39 is 0 Å². The number of aromatic nitrogens is 7. The topological polar surface area (TPSA) is 88.4 Å². The normalized spacial score (nSPS) is 14.0. The molecule has 0 radical (unpaired) electrons. The Morgan fingerprint density at radius 3 is 2.44 bits per heavy atom. The van der Waals surface area contributed by atoms with Gasteiger partial charge in [-0.2, -0.15) is 5.10 Å². The Balaban J connectivity index is 1.58. The number of aromatic amines is 1. The van der Waals surface area contributed by atoms with Crippen LogP contribution in [0.1, 0.15) is 12.8 Å². The van der Waals surface area contributed by atoms with E-state index >= 15 is 0 Å². The molecule has 1 fully saturated rings. The van der Waals surface area contributed by atoms with E-state index in [1.54, 1.807) is 17.2 Å². The van der Waals surface area contributed by atoms with Gasteiger partial charge in [0.2, 0.25) is 0 Å². The summed E-state index contributed by atoms with van der Waals surface area (Å²) in [6.45, 7) is 1.96. The van der Waals surface area contributed by atoms with Gasteiger partial charge in [0, 0.05) is 31.0 Å². The van der Waals surface area contributed by atoms with Crippen molar-refractivity contribution in [1.82, 2.24) is 35.2 Å². The van der Waals surface area contributed by atoms with Gasteiger partial charge >= 0.3 is 0 Å². The van der Waals surface area contributed by atoms with Crippen molar-refractivity contribution < 1.29 is 0 Å². The Hall–Kier alpha value is -3.55. The fourth-order valence-electron chi connectivity index (χ4n) is 3.27. The first-order chi connectivity index (χ1) is 13.4. The number of pyridine rings is 1. The minimum absolute atomic E-state index is 0.617. The van der Waals surface area contributed by atoms with Crippen molar-refractivity contribution in [2.75, 3.05) is 18.0 Å². The summed E-state index contributed by atoms with van der Waals surface area (Å²) >= 11 is 0. The van der Waals surface area contributed by atoms with E-state index in [0.29, 0.717) is 17.3 Å². The van der Waals surface area contributed by atoms with Gasteiger partial charge in [-0.1, -0.05) is 18.2 Å². The van der Waals surface area contributed by atoms with E-state index in [1.165, 1.54) is 0 Å². The largest absolute Gasteiger partial charge is 0.353 e. The molecule has 5 rings (SSSR count). The van der Waals surface area contributed by atoms with E-state index in [1.807, 2.05) is 42.5 Å². The summed E-state index contributed by atoms with van der Waals surface area (Å²) in [7, 11) is 0. The van der Waals surface area contributed by atoms with Crippen molar-refractivity contribution in [2.24, 2.45) is 0 Å². The Bertz CT molecular complexity index is 1030. The number of benzene rings is 1. The average Bonchev–Trinajstić information content (AvgIpc) is 3.48. The molecule has 0 amide bonds. The highest BCUT2D eigenvalue weighted by Crippen LogP contribution is 2.29. The Labute approximate surface area is 155 Å². The molecule has 1 aliphatic rings. The summed E-state index contributed by atoms with van der Waals surface area (Å²) in [5, 5.41) is 16.9. The average molecular weight is 358 g/mol. The highest BCUT2D eigenvalue weighted by molar-refractivity contribution is 5.68. The summed E-state index contributed by atoms with van der Waals surface area (Å²) in [6, 6.07) is 13.7. The summed E-state index contributed by atoms with van der Waals surface area (Å²) in [6.07, 6.45) is 5.78. The molecule has 0 saturated carbocycles. The van der Waals surface area contributed by atoms with Crippen LogP contribution in [-0.4, -0.2) is 48.2 Å². The van der Waals surface area contributed by atoms with Crippen LogP contribution in [0, 0.1) is 0 Å². The molecule has 0 spiro atoms. The van der Waals surface area contributed by atoms with E-state index in [2.05, 4.69) is 25.1 Å². The van der Waals surface area contributed by atoms with Crippen LogP contribution in [0.4, 0.5) is 5.82 Å². The minimum atomic E-state index is 0.617. The predicted octanol–water partition coefficient (Wildman–Crippen LogP) is 2.71. The van der Waals surface area contributed by atoms with E-state index in [9.17, 15) is 0 Å². The number of anilines is 1. The Morgan fingerprint density at radius 1 is 0.889 bits per heavy atom. The second-order valence-corrected chi connectivity index (χ2v) is 6.43. The number of nitrogens with one attached hydrogen (secondary N) is 1. The number of nitrogens with zero attached hydrogens (tertiary/aromatic N) is 7. The van der Waals surface area contributed by atoms with Gasteiger partial charge in [0.15, 0.2) is 23.2 Å². The maximum absolute atomic E-state index is 4.75. The molecule has 4 heterocycles. The van der Waals surface area contributed by atoms with Gasteiger partial charge in [-0.3, -0.25) is 10.1 Å². The lowest BCUT2D eigenvalue weighted by Gasteiger charge is -2.13. The number of hydrogen-bond acceptors (Lipinski definition) is 6. The monoisotopic (exact) mass is 358 g/mol. The van der Waals surface area contributed by atoms with Crippen LogP contribution in [0.5, 0.6) is 0 Å². The lowest BCUT2D eigenvalue weighted by Crippen LogP contribution is -2.19. The van der Waals surface area contributed by atoms with Crippen LogP contribution in [-0.2, 0) is 0 Å². The highest BCUT2D eigenvalue weighted by atomic mass is 15.5. The first-order valence-electron chi connectivity index (χ1n) is 8.99. The molecule has 0 unspecified atom stereocenters. The fraction of sp³-hybridized carbons (Fsp3) is 0.211. The molecule has 0 aliphatic carbocycles. The van der Waals surface area contributed by atoms with Gasteiger partial charge in [-0.05, 0) is 37.1 Å². The summed E-state index contributed by atoms with van der Waals surface area (Å²) < 4.78 is 0. The van der Waals surface area contributed by atoms with Crippen LogP contribution < -0.4 is 4.90 Å². The second kappa shape index (κ2) is 6.64. The summed E-state index contributed by atoms with van der Waals surface area (Å²) in [5.41, 5.74) is 2.54. The summed E-state index contributed by atoms with van der Waals surface area (Å²) in [4.78, 5) is 12.6. The molecule has 8 nitrogen and oxygen atoms in total. The molecule has 27 heavy (non-hydrogen) atoms. The van der Waals surface area contributed by atoms with Crippen molar-refractivity contribution in [1.29, 1.82) is 0 Å². The SMILES string of the molecule is c1ccc(-n2nc(-c3nc(-c4ccncc4)n[nH]3)c(N3CCCC3)n2)cc1. The van der Waals surface area contributed by atoms with Crippen LogP contribution in [0.2, 0.25) is 0 Å². The minimum Gasteiger partial charge on any atom is -0.353 e. The van der Waals surface area contributed by atoms with Crippen molar-refractivity contribution in [3.8, 4) is 28.6 Å². The summed E-state index contributed by atoms with van der Waals surface area (Å²) in [5.74, 6) is 2.08. The fourth-order valence-corrected chi connectivity index (χ4v) is 3.27. The van der Waals surface area contributed by atoms with Crippen LogP contribution in [0.3, 0.4) is 0 Å². The standard InChI is InChI=1S/C19H18N8/c1-2-6-15(7-3-1)27-24-16(19(25-27)26-12-4-5-13-26)18-21-17(22-23-18)14-8-10-20-11-9-14/h1-3,6-11H,4-5,12-13H2,(H,21,22,23). The zero-order valence-electron chi connectivity index (χ0n) is 14.7. The van der Waals surface area contributed by atoms with E-state index in [0.717, 1.165) is 43.0 Å². The lowest BCUT2D eigenvalue weighted by atomic mass is 10.2. The number of rotatable bonds is 4. The van der Waals surface area contributed by atoms with Gasteiger partial charge < -0.3 is 4.90 Å². The Kier molecular flexibility index (Phi) is 3.86. The quantitative estimate of drug-likeness (QED) is 0.603. The molecule has 1 aliphatic heterocycles. The number of hydrogen-bond donors (Lipinski definition) is 1. The van der Waals surface area contributed by atoms with Gasteiger partial charge in [0.1, 0.15) is 0 Å². The molecule has 3 aromatic heterocycles. The third kappa shape index (κ3) is 2.95. The highest BCUT2D eigenvalue weighted by Gasteiger charge is 2.24. The lowest BCUT2D eigenvalue weighted by molar-refractivity contribution is 0.746. The van der Waals surface area contributed by atoms with Gasteiger partial charge in [-0.25, -0.2) is 4.98 Å². The maximum Gasteiger partial charge on any atom is 0.183 e. The number of H-pyrrole nitrogens is 1. The van der Waals surface area contributed by atoms with Crippen LogP contribution in [0.15, 0.2) is 54.9 Å². The molecule has 0 atom stereocenters. The molecule has 4 aromatic rings. The molecule has 0 bridgehead atoms. The zero-order chi connectivity index (χ0) is 18.1. The maximum atomic E-state index is 4.75. The van der Waals surface area contributed by atoms with Gasteiger partial charge in [0.05, 0.1) is 5.69 Å².